The molecule has 4 N–H and O–H groups in total. The first-order valence-corrected chi connectivity index (χ1v) is 9.13. The molecule has 0 saturated carbocycles. The summed E-state index contributed by atoms with van der Waals surface area (Å²) in [5.41, 5.74) is 6.03. The van der Waals surface area contributed by atoms with E-state index in [1.54, 1.807) is 0 Å². The van der Waals surface area contributed by atoms with Gasteiger partial charge in [0.2, 0.25) is 0 Å². The van der Waals surface area contributed by atoms with E-state index in [1.165, 1.54) is 12.0 Å². The molecule has 0 spiro atoms. The Morgan fingerprint density at radius 2 is 1.76 bits per heavy atom. The van der Waals surface area contributed by atoms with Crippen molar-refractivity contribution in [1.82, 2.24) is 10.2 Å². The Morgan fingerprint density at radius 1 is 1.20 bits per heavy atom. The van der Waals surface area contributed by atoms with Gasteiger partial charge in [-0.1, -0.05) is 34.1 Å². The summed E-state index contributed by atoms with van der Waals surface area (Å²) in [5, 5.41) is 13.1. The van der Waals surface area contributed by atoms with Crippen LogP contribution in [0.15, 0.2) is 0 Å². The Kier molecular flexibility index (Phi) is 10.7. The SMILES string of the molecule is CC[C@H](C)[C@H](NC(=O)N(CC(O)[C@@H](N)CC(C)C)C(C)C)C(=O)OC. The summed E-state index contributed by atoms with van der Waals surface area (Å²) in [6.07, 6.45) is 0.575. The number of aliphatic hydroxyl groups excluding tert-OH is 1. The molecule has 0 aliphatic rings. The molecule has 0 aromatic heterocycles. The lowest BCUT2D eigenvalue weighted by molar-refractivity contribution is -0.144. The molecule has 0 aromatic rings. The third-order valence-electron chi connectivity index (χ3n) is 4.45. The summed E-state index contributed by atoms with van der Waals surface area (Å²) in [4.78, 5) is 26.1. The van der Waals surface area contributed by atoms with Gasteiger partial charge in [-0.25, -0.2) is 9.59 Å². The van der Waals surface area contributed by atoms with Crippen molar-refractivity contribution in [3.8, 4) is 0 Å². The highest BCUT2D eigenvalue weighted by Crippen LogP contribution is 2.13. The fourth-order valence-electron chi connectivity index (χ4n) is 2.58. The van der Waals surface area contributed by atoms with Gasteiger partial charge in [-0.2, -0.15) is 0 Å². The number of carbonyl (C=O) groups excluding carboxylic acids is 2. The monoisotopic (exact) mass is 359 g/mol. The molecular formula is C18H37N3O4. The topological polar surface area (TPSA) is 105 Å². The molecule has 0 aliphatic heterocycles. The molecule has 7 heteroatoms. The molecule has 0 aromatic carbocycles. The number of hydrogen-bond donors (Lipinski definition) is 3. The molecule has 0 fully saturated rings. The fraction of sp³-hybridized carbons (Fsp3) is 0.889. The average molecular weight is 360 g/mol. The summed E-state index contributed by atoms with van der Waals surface area (Å²) in [5.74, 6) is -0.165. The largest absolute Gasteiger partial charge is 0.467 e. The summed E-state index contributed by atoms with van der Waals surface area (Å²) in [6, 6.07) is -1.66. The fourth-order valence-corrected chi connectivity index (χ4v) is 2.58. The highest BCUT2D eigenvalue weighted by atomic mass is 16.5. The van der Waals surface area contributed by atoms with Gasteiger partial charge < -0.3 is 25.8 Å². The van der Waals surface area contributed by atoms with E-state index < -0.39 is 30.2 Å². The van der Waals surface area contributed by atoms with Crippen LogP contribution in [0.5, 0.6) is 0 Å². The minimum Gasteiger partial charge on any atom is -0.467 e. The zero-order valence-electron chi connectivity index (χ0n) is 16.8. The van der Waals surface area contributed by atoms with Crippen LogP contribution in [0, 0.1) is 11.8 Å². The van der Waals surface area contributed by atoms with E-state index >= 15 is 0 Å². The van der Waals surface area contributed by atoms with E-state index in [-0.39, 0.29) is 18.5 Å². The Bertz CT molecular complexity index is 415. The van der Waals surface area contributed by atoms with Crippen molar-refractivity contribution in [2.75, 3.05) is 13.7 Å². The van der Waals surface area contributed by atoms with Crippen molar-refractivity contribution in [3.63, 3.8) is 0 Å². The zero-order chi connectivity index (χ0) is 19.7. The quantitative estimate of drug-likeness (QED) is 0.515. The van der Waals surface area contributed by atoms with Crippen molar-refractivity contribution in [2.45, 2.75) is 78.6 Å². The zero-order valence-corrected chi connectivity index (χ0v) is 16.8. The van der Waals surface area contributed by atoms with Crippen molar-refractivity contribution in [3.05, 3.63) is 0 Å². The van der Waals surface area contributed by atoms with Crippen LogP contribution in [0.25, 0.3) is 0 Å². The average Bonchev–Trinajstić information content (AvgIpc) is 2.54. The van der Waals surface area contributed by atoms with E-state index in [9.17, 15) is 14.7 Å². The molecule has 7 nitrogen and oxygen atoms in total. The molecule has 4 atom stereocenters. The Labute approximate surface area is 152 Å². The third-order valence-corrected chi connectivity index (χ3v) is 4.45. The van der Waals surface area contributed by atoms with Crippen LogP contribution in [-0.4, -0.2) is 59.9 Å². The van der Waals surface area contributed by atoms with Crippen LogP contribution in [0.2, 0.25) is 0 Å². The number of rotatable bonds is 10. The number of amides is 2. The van der Waals surface area contributed by atoms with Crippen LogP contribution in [0.3, 0.4) is 0 Å². The number of hydrogen-bond acceptors (Lipinski definition) is 5. The first-order valence-electron chi connectivity index (χ1n) is 9.13. The number of ether oxygens (including phenoxy) is 1. The molecule has 1 unspecified atom stereocenters. The van der Waals surface area contributed by atoms with Gasteiger partial charge in [0.05, 0.1) is 19.8 Å². The molecule has 148 valence electrons. The number of nitrogens with one attached hydrogen (secondary N) is 1. The molecule has 0 heterocycles. The molecule has 0 saturated heterocycles. The molecule has 0 aliphatic carbocycles. The summed E-state index contributed by atoms with van der Waals surface area (Å²) in [6.45, 7) is 11.7. The molecule has 0 rings (SSSR count). The Morgan fingerprint density at radius 3 is 2.16 bits per heavy atom. The van der Waals surface area contributed by atoms with Crippen molar-refractivity contribution < 1.29 is 19.4 Å². The second kappa shape index (κ2) is 11.3. The lowest BCUT2D eigenvalue weighted by Crippen LogP contribution is -2.55. The van der Waals surface area contributed by atoms with Gasteiger partial charge in [-0.15, -0.1) is 0 Å². The van der Waals surface area contributed by atoms with Crippen LogP contribution >= 0.6 is 0 Å². The van der Waals surface area contributed by atoms with Gasteiger partial charge in [0.1, 0.15) is 6.04 Å². The number of aliphatic hydroxyl groups is 1. The minimum absolute atomic E-state index is 0.0569. The molecule has 0 radical (unpaired) electrons. The molecule has 2 amide bonds. The van der Waals surface area contributed by atoms with E-state index in [4.69, 9.17) is 10.5 Å². The lowest BCUT2D eigenvalue weighted by Gasteiger charge is -2.33. The number of urea groups is 1. The van der Waals surface area contributed by atoms with Crippen LogP contribution in [0.1, 0.15) is 54.4 Å². The summed E-state index contributed by atoms with van der Waals surface area (Å²) < 4.78 is 4.80. The second-order valence-corrected chi connectivity index (χ2v) is 7.44. The smallest absolute Gasteiger partial charge is 0.328 e. The number of methoxy groups -OCH3 is 1. The van der Waals surface area contributed by atoms with Gasteiger partial charge in [0.25, 0.3) is 0 Å². The maximum Gasteiger partial charge on any atom is 0.328 e. The number of carbonyl (C=O) groups is 2. The van der Waals surface area contributed by atoms with Gasteiger partial charge in [0.15, 0.2) is 0 Å². The predicted molar refractivity (Wildman–Crippen MR) is 99.1 cm³/mol. The van der Waals surface area contributed by atoms with E-state index in [0.717, 1.165) is 6.42 Å². The van der Waals surface area contributed by atoms with E-state index in [2.05, 4.69) is 5.32 Å². The maximum atomic E-state index is 12.7. The van der Waals surface area contributed by atoms with Crippen molar-refractivity contribution >= 4 is 12.0 Å². The Balaban J connectivity index is 5.06. The van der Waals surface area contributed by atoms with Gasteiger partial charge in [-0.05, 0) is 32.1 Å². The third kappa shape index (κ3) is 8.05. The molecule has 25 heavy (non-hydrogen) atoms. The highest BCUT2D eigenvalue weighted by molar-refractivity contribution is 5.84. The van der Waals surface area contributed by atoms with Crippen molar-refractivity contribution in [2.24, 2.45) is 17.6 Å². The lowest BCUT2D eigenvalue weighted by atomic mass is 9.99. The maximum absolute atomic E-state index is 12.7. The van der Waals surface area contributed by atoms with Gasteiger partial charge >= 0.3 is 12.0 Å². The number of esters is 1. The molecule has 0 bridgehead atoms. The summed E-state index contributed by atoms with van der Waals surface area (Å²) in [7, 11) is 1.30. The molecular weight excluding hydrogens is 322 g/mol. The standard InChI is InChI=1S/C18H37N3O4/c1-8-13(6)16(17(23)25-7)20-18(24)21(12(4)5)10-15(22)14(19)9-11(2)3/h11-16,22H,8-10,19H2,1-7H3,(H,20,24)/t13-,14-,15?,16-/m0/s1. The number of nitrogens with two attached hydrogens (primary N) is 1. The van der Waals surface area contributed by atoms with E-state index in [1.807, 2.05) is 41.5 Å². The van der Waals surface area contributed by atoms with Crippen LogP contribution in [0.4, 0.5) is 4.79 Å². The van der Waals surface area contributed by atoms with Crippen LogP contribution in [-0.2, 0) is 9.53 Å². The van der Waals surface area contributed by atoms with Crippen LogP contribution < -0.4 is 11.1 Å². The minimum atomic E-state index is -0.823. The Hall–Kier alpha value is -1.34. The first-order chi connectivity index (χ1) is 11.5. The van der Waals surface area contributed by atoms with Gasteiger partial charge in [0, 0.05) is 12.1 Å². The first kappa shape index (κ1) is 23.7. The van der Waals surface area contributed by atoms with E-state index in [0.29, 0.717) is 12.3 Å². The predicted octanol–water partition coefficient (Wildman–Crippen LogP) is 1.73. The van der Waals surface area contributed by atoms with Crippen molar-refractivity contribution in [1.29, 1.82) is 0 Å². The highest BCUT2D eigenvalue weighted by Gasteiger charge is 2.31. The second-order valence-electron chi connectivity index (χ2n) is 7.44. The summed E-state index contributed by atoms with van der Waals surface area (Å²) >= 11 is 0. The van der Waals surface area contributed by atoms with Gasteiger partial charge in [-0.3, -0.25) is 0 Å². The normalized spacial score (nSPS) is 16.3. The number of nitrogens with zero attached hydrogens (tertiary/aromatic N) is 1.